The van der Waals surface area contributed by atoms with Crippen LogP contribution in [-0.4, -0.2) is 23.5 Å². The Morgan fingerprint density at radius 1 is 1.47 bits per heavy atom. The Kier molecular flexibility index (Phi) is 3.44. The lowest BCUT2D eigenvalue weighted by molar-refractivity contribution is -0.120. The first-order chi connectivity index (χ1) is 8.20. The van der Waals surface area contributed by atoms with Crippen molar-refractivity contribution >= 4 is 16.8 Å². The van der Waals surface area contributed by atoms with Gasteiger partial charge in [-0.15, -0.1) is 0 Å². The van der Waals surface area contributed by atoms with E-state index in [2.05, 4.69) is 16.4 Å². The third kappa shape index (κ3) is 2.65. The molecule has 0 saturated heterocycles. The number of carbonyl (C=O) groups excluding carboxylic acids is 1. The molecule has 2 rings (SSSR count). The van der Waals surface area contributed by atoms with Crippen LogP contribution in [0.5, 0.6) is 0 Å². The molecule has 90 valence electrons. The number of carbonyl (C=O) groups is 1. The molecule has 0 aliphatic rings. The molecule has 1 atom stereocenters. The summed E-state index contributed by atoms with van der Waals surface area (Å²) in [5.74, 6) is -0.114. The normalized spacial score (nSPS) is 12.6. The highest BCUT2D eigenvalue weighted by Crippen LogP contribution is 2.18. The minimum absolute atomic E-state index is 0.0399. The lowest BCUT2D eigenvalue weighted by Crippen LogP contribution is -2.38. The smallest absolute Gasteiger partial charge is 0.233 e. The largest absolute Gasteiger partial charge is 0.361 e. The van der Waals surface area contributed by atoms with Crippen LogP contribution in [0.25, 0.3) is 10.9 Å². The summed E-state index contributed by atoms with van der Waals surface area (Å²) in [5, 5.41) is 4.06. The molecule has 0 unspecified atom stereocenters. The number of benzene rings is 1. The lowest BCUT2D eigenvalue weighted by atomic mass is 10.1. The van der Waals surface area contributed by atoms with E-state index in [4.69, 9.17) is 5.73 Å². The molecule has 0 aliphatic carbocycles. The van der Waals surface area contributed by atoms with Crippen molar-refractivity contribution in [3.8, 4) is 0 Å². The minimum atomic E-state index is -0.114. The molecular formula is C13H17N3O. The zero-order chi connectivity index (χ0) is 12.3. The summed E-state index contributed by atoms with van der Waals surface area (Å²) in [6.07, 6.45) is 2.80. The molecule has 0 bridgehead atoms. The maximum absolute atomic E-state index is 11.2. The first-order valence-corrected chi connectivity index (χ1v) is 5.75. The maximum Gasteiger partial charge on any atom is 0.233 e. The standard InChI is InChI=1S/C13H17N3O/c1-9(16-13(17)7-14)6-10-8-15-12-5-3-2-4-11(10)12/h2-5,8-9,15H,6-7,14H2,1H3,(H,16,17)/t9-/m0/s1. The van der Waals surface area contributed by atoms with Crippen LogP contribution in [0.1, 0.15) is 12.5 Å². The fraction of sp³-hybridized carbons (Fsp3) is 0.308. The molecule has 4 nitrogen and oxygen atoms in total. The van der Waals surface area contributed by atoms with Gasteiger partial charge >= 0.3 is 0 Å². The minimum Gasteiger partial charge on any atom is -0.361 e. The third-order valence-electron chi connectivity index (χ3n) is 2.79. The predicted molar refractivity (Wildman–Crippen MR) is 68.7 cm³/mol. The van der Waals surface area contributed by atoms with Crippen molar-refractivity contribution < 1.29 is 4.79 Å². The summed E-state index contributed by atoms with van der Waals surface area (Å²) in [4.78, 5) is 14.4. The van der Waals surface area contributed by atoms with Gasteiger partial charge in [0.1, 0.15) is 0 Å². The quantitative estimate of drug-likeness (QED) is 0.739. The number of rotatable bonds is 4. The molecule has 4 N–H and O–H groups in total. The van der Waals surface area contributed by atoms with Gasteiger partial charge in [-0.2, -0.15) is 0 Å². The molecule has 0 fully saturated rings. The Morgan fingerprint density at radius 2 is 2.24 bits per heavy atom. The van der Waals surface area contributed by atoms with Crippen LogP contribution in [0.4, 0.5) is 0 Å². The number of amides is 1. The summed E-state index contributed by atoms with van der Waals surface area (Å²) in [7, 11) is 0. The van der Waals surface area contributed by atoms with Gasteiger partial charge in [0, 0.05) is 23.1 Å². The monoisotopic (exact) mass is 231 g/mol. The van der Waals surface area contributed by atoms with Crippen LogP contribution in [0, 0.1) is 0 Å². The van der Waals surface area contributed by atoms with E-state index in [1.54, 1.807) is 0 Å². The van der Waals surface area contributed by atoms with Crippen molar-refractivity contribution in [2.45, 2.75) is 19.4 Å². The average molecular weight is 231 g/mol. The summed E-state index contributed by atoms with van der Waals surface area (Å²) >= 11 is 0. The van der Waals surface area contributed by atoms with Crippen molar-refractivity contribution in [1.82, 2.24) is 10.3 Å². The van der Waals surface area contributed by atoms with Crippen molar-refractivity contribution in [3.63, 3.8) is 0 Å². The Bertz CT molecular complexity index is 518. The summed E-state index contributed by atoms with van der Waals surface area (Å²) < 4.78 is 0. The van der Waals surface area contributed by atoms with Crippen LogP contribution < -0.4 is 11.1 Å². The number of para-hydroxylation sites is 1. The first-order valence-electron chi connectivity index (χ1n) is 5.75. The fourth-order valence-electron chi connectivity index (χ4n) is 2.02. The average Bonchev–Trinajstić information content (AvgIpc) is 2.72. The van der Waals surface area contributed by atoms with E-state index in [-0.39, 0.29) is 18.5 Å². The van der Waals surface area contributed by atoms with E-state index in [1.165, 1.54) is 10.9 Å². The number of nitrogens with two attached hydrogens (primary N) is 1. The second kappa shape index (κ2) is 5.01. The zero-order valence-electron chi connectivity index (χ0n) is 9.86. The number of nitrogens with one attached hydrogen (secondary N) is 2. The van der Waals surface area contributed by atoms with Crippen LogP contribution in [0.3, 0.4) is 0 Å². The van der Waals surface area contributed by atoms with Gasteiger partial charge in [-0.1, -0.05) is 18.2 Å². The molecule has 0 radical (unpaired) electrons. The second-order valence-corrected chi connectivity index (χ2v) is 4.24. The molecule has 1 aromatic heterocycles. The first kappa shape index (κ1) is 11.7. The predicted octanol–water partition coefficient (Wildman–Crippen LogP) is 1.17. The zero-order valence-corrected chi connectivity index (χ0v) is 9.86. The van der Waals surface area contributed by atoms with Gasteiger partial charge in [0.25, 0.3) is 0 Å². The highest BCUT2D eigenvalue weighted by atomic mass is 16.1. The highest BCUT2D eigenvalue weighted by Gasteiger charge is 2.09. The fourth-order valence-corrected chi connectivity index (χ4v) is 2.02. The second-order valence-electron chi connectivity index (χ2n) is 4.24. The van der Waals surface area contributed by atoms with Crippen molar-refractivity contribution in [3.05, 3.63) is 36.0 Å². The lowest BCUT2D eigenvalue weighted by Gasteiger charge is -2.12. The molecule has 4 heteroatoms. The molecule has 0 aliphatic heterocycles. The molecule has 1 heterocycles. The van der Waals surface area contributed by atoms with E-state index in [0.717, 1.165) is 11.9 Å². The number of hydrogen-bond donors (Lipinski definition) is 3. The number of hydrogen-bond acceptors (Lipinski definition) is 2. The Labute approximate surface area is 100 Å². The van der Waals surface area contributed by atoms with Crippen LogP contribution in [0.2, 0.25) is 0 Å². The van der Waals surface area contributed by atoms with E-state index in [1.807, 2.05) is 31.3 Å². The number of aromatic amines is 1. The van der Waals surface area contributed by atoms with Gasteiger partial charge in [-0.3, -0.25) is 4.79 Å². The van der Waals surface area contributed by atoms with Crippen molar-refractivity contribution in [2.75, 3.05) is 6.54 Å². The van der Waals surface area contributed by atoms with Gasteiger partial charge < -0.3 is 16.0 Å². The number of fused-ring (bicyclic) bond motifs is 1. The van der Waals surface area contributed by atoms with Crippen LogP contribution in [0.15, 0.2) is 30.5 Å². The van der Waals surface area contributed by atoms with Crippen molar-refractivity contribution in [1.29, 1.82) is 0 Å². The van der Waals surface area contributed by atoms with Gasteiger partial charge in [-0.05, 0) is 25.0 Å². The van der Waals surface area contributed by atoms with Crippen LogP contribution >= 0.6 is 0 Å². The molecular weight excluding hydrogens is 214 g/mol. The summed E-state index contributed by atoms with van der Waals surface area (Å²) in [6.45, 7) is 2.02. The van der Waals surface area contributed by atoms with Gasteiger partial charge in [0.05, 0.1) is 6.54 Å². The highest BCUT2D eigenvalue weighted by molar-refractivity contribution is 5.83. The Hall–Kier alpha value is -1.81. The third-order valence-corrected chi connectivity index (χ3v) is 2.79. The van der Waals surface area contributed by atoms with E-state index >= 15 is 0 Å². The Morgan fingerprint density at radius 3 is 3.00 bits per heavy atom. The molecule has 17 heavy (non-hydrogen) atoms. The summed E-state index contributed by atoms with van der Waals surface area (Å²) in [6, 6.07) is 8.23. The molecule has 0 spiro atoms. The number of aromatic nitrogens is 1. The Balaban J connectivity index is 2.10. The molecule has 2 aromatic rings. The van der Waals surface area contributed by atoms with Gasteiger partial charge in [-0.25, -0.2) is 0 Å². The van der Waals surface area contributed by atoms with Crippen LogP contribution in [-0.2, 0) is 11.2 Å². The molecule has 0 saturated carbocycles. The molecule has 1 amide bonds. The maximum atomic E-state index is 11.2. The van der Waals surface area contributed by atoms with E-state index in [9.17, 15) is 4.79 Å². The molecule has 1 aromatic carbocycles. The SMILES string of the molecule is C[C@@H](Cc1c[nH]c2ccccc12)NC(=O)CN. The van der Waals surface area contributed by atoms with Gasteiger partial charge in [0.2, 0.25) is 5.91 Å². The van der Waals surface area contributed by atoms with Crippen molar-refractivity contribution in [2.24, 2.45) is 5.73 Å². The van der Waals surface area contributed by atoms with E-state index in [0.29, 0.717) is 0 Å². The number of H-pyrrole nitrogens is 1. The summed E-state index contributed by atoms with van der Waals surface area (Å²) in [5.41, 5.74) is 7.60. The van der Waals surface area contributed by atoms with Gasteiger partial charge in [0.15, 0.2) is 0 Å². The topological polar surface area (TPSA) is 70.9 Å². The van der Waals surface area contributed by atoms with E-state index < -0.39 is 0 Å².